The molecule has 0 aromatic heterocycles. The molecule has 0 bridgehead atoms. The van der Waals surface area contributed by atoms with Crippen LogP contribution >= 0.6 is 0 Å². The SMILES string of the molecule is COc1cc(OC)cc(C(=O)NCC2CCN(CC(=O)NC(C)C)CC2)c1. The molecule has 7 nitrogen and oxygen atoms in total. The fourth-order valence-electron chi connectivity index (χ4n) is 3.20. The molecule has 1 aromatic rings. The summed E-state index contributed by atoms with van der Waals surface area (Å²) in [6.07, 6.45) is 1.94. The van der Waals surface area contributed by atoms with Gasteiger partial charge in [0, 0.05) is 24.2 Å². The van der Waals surface area contributed by atoms with E-state index in [0.29, 0.717) is 36.1 Å². The number of likely N-dealkylation sites (tertiary alicyclic amines) is 1. The fraction of sp³-hybridized carbons (Fsp3) is 0.600. The lowest BCUT2D eigenvalue weighted by Crippen LogP contribution is -2.44. The van der Waals surface area contributed by atoms with Crippen molar-refractivity contribution < 1.29 is 19.1 Å². The molecule has 2 rings (SSSR count). The van der Waals surface area contributed by atoms with Crippen LogP contribution in [0, 0.1) is 5.92 Å². The molecule has 1 aliphatic rings. The quantitative estimate of drug-likeness (QED) is 0.720. The first-order valence-electron chi connectivity index (χ1n) is 9.44. The maximum atomic E-state index is 12.5. The summed E-state index contributed by atoms with van der Waals surface area (Å²) in [5.41, 5.74) is 0.522. The van der Waals surface area contributed by atoms with Crippen LogP contribution in [0.25, 0.3) is 0 Å². The highest BCUT2D eigenvalue weighted by atomic mass is 16.5. The van der Waals surface area contributed by atoms with Crippen LogP contribution in [0.4, 0.5) is 0 Å². The Balaban J connectivity index is 1.78. The molecule has 1 fully saturated rings. The van der Waals surface area contributed by atoms with Gasteiger partial charge in [-0.2, -0.15) is 0 Å². The van der Waals surface area contributed by atoms with E-state index in [1.807, 2.05) is 13.8 Å². The number of methoxy groups -OCH3 is 2. The van der Waals surface area contributed by atoms with Gasteiger partial charge in [0.2, 0.25) is 5.91 Å². The zero-order chi connectivity index (χ0) is 19.8. The molecule has 0 radical (unpaired) electrons. The predicted molar refractivity (Wildman–Crippen MR) is 104 cm³/mol. The van der Waals surface area contributed by atoms with Gasteiger partial charge in [-0.25, -0.2) is 0 Å². The van der Waals surface area contributed by atoms with Gasteiger partial charge in [-0.05, 0) is 57.8 Å². The van der Waals surface area contributed by atoms with Crippen molar-refractivity contribution in [1.29, 1.82) is 0 Å². The lowest BCUT2D eigenvalue weighted by atomic mass is 9.96. The van der Waals surface area contributed by atoms with Crippen molar-refractivity contribution in [2.45, 2.75) is 32.7 Å². The van der Waals surface area contributed by atoms with Gasteiger partial charge in [0.1, 0.15) is 11.5 Å². The van der Waals surface area contributed by atoms with E-state index < -0.39 is 0 Å². The smallest absolute Gasteiger partial charge is 0.251 e. The number of amides is 2. The van der Waals surface area contributed by atoms with E-state index in [-0.39, 0.29) is 17.9 Å². The molecule has 1 aromatic carbocycles. The number of nitrogens with one attached hydrogen (secondary N) is 2. The summed E-state index contributed by atoms with van der Waals surface area (Å²) in [6, 6.07) is 5.31. The van der Waals surface area contributed by atoms with Crippen LogP contribution in [-0.2, 0) is 4.79 Å². The summed E-state index contributed by atoms with van der Waals surface area (Å²) in [7, 11) is 3.12. The molecule has 7 heteroatoms. The minimum atomic E-state index is -0.133. The Labute approximate surface area is 161 Å². The second-order valence-electron chi connectivity index (χ2n) is 7.25. The number of piperidine rings is 1. The molecule has 1 heterocycles. The van der Waals surface area contributed by atoms with Crippen molar-refractivity contribution in [3.05, 3.63) is 23.8 Å². The van der Waals surface area contributed by atoms with Crippen LogP contribution in [0.1, 0.15) is 37.0 Å². The first-order valence-corrected chi connectivity index (χ1v) is 9.44. The Hall–Kier alpha value is -2.28. The first kappa shape index (κ1) is 21.0. The predicted octanol–water partition coefficient (Wildman–Crippen LogP) is 1.67. The van der Waals surface area contributed by atoms with Gasteiger partial charge in [-0.1, -0.05) is 0 Å². The normalized spacial score (nSPS) is 15.4. The van der Waals surface area contributed by atoms with Crippen LogP contribution in [0.5, 0.6) is 11.5 Å². The van der Waals surface area contributed by atoms with E-state index in [1.165, 1.54) is 0 Å². The summed E-state index contributed by atoms with van der Waals surface area (Å²) in [4.78, 5) is 26.5. The Morgan fingerprint density at radius 3 is 2.22 bits per heavy atom. The standard InChI is InChI=1S/C20H31N3O4/c1-14(2)22-19(24)13-23-7-5-15(6-8-23)12-21-20(25)16-9-17(26-3)11-18(10-16)27-4/h9-11,14-15H,5-8,12-13H2,1-4H3,(H,21,25)(H,22,24). The fourth-order valence-corrected chi connectivity index (χ4v) is 3.20. The minimum absolute atomic E-state index is 0.0729. The highest BCUT2D eigenvalue weighted by Crippen LogP contribution is 2.22. The third-order valence-corrected chi connectivity index (χ3v) is 4.69. The molecule has 27 heavy (non-hydrogen) atoms. The van der Waals surface area contributed by atoms with E-state index in [1.54, 1.807) is 32.4 Å². The Morgan fingerprint density at radius 1 is 1.11 bits per heavy atom. The molecule has 0 atom stereocenters. The summed E-state index contributed by atoms with van der Waals surface area (Å²) in [5.74, 6) is 1.54. The maximum Gasteiger partial charge on any atom is 0.251 e. The lowest BCUT2D eigenvalue weighted by Gasteiger charge is -2.31. The topological polar surface area (TPSA) is 79.9 Å². The summed E-state index contributed by atoms with van der Waals surface area (Å²) >= 11 is 0. The average molecular weight is 377 g/mol. The molecule has 0 aliphatic carbocycles. The van der Waals surface area contributed by atoms with Gasteiger partial charge >= 0.3 is 0 Å². The number of hydrogen-bond donors (Lipinski definition) is 2. The number of nitrogens with zero attached hydrogens (tertiary/aromatic N) is 1. The van der Waals surface area contributed by atoms with Gasteiger partial charge in [-0.3, -0.25) is 14.5 Å². The monoisotopic (exact) mass is 377 g/mol. The van der Waals surface area contributed by atoms with Gasteiger partial charge in [0.25, 0.3) is 5.91 Å². The number of carbonyl (C=O) groups is 2. The van der Waals surface area contributed by atoms with Crippen molar-refractivity contribution in [1.82, 2.24) is 15.5 Å². The molecule has 2 N–H and O–H groups in total. The molecular formula is C20H31N3O4. The van der Waals surface area contributed by atoms with Crippen molar-refractivity contribution in [3.63, 3.8) is 0 Å². The van der Waals surface area contributed by atoms with Crippen molar-refractivity contribution in [2.75, 3.05) is 40.4 Å². The Morgan fingerprint density at radius 2 is 1.70 bits per heavy atom. The van der Waals surface area contributed by atoms with E-state index in [4.69, 9.17) is 9.47 Å². The zero-order valence-electron chi connectivity index (χ0n) is 16.7. The third kappa shape index (κ3) is 6.75. The number of rotatable bonds is 8. The number of hydrogen-bond acceptors (Lipinski definition) is 5. The van der Waals surface area contributed by atoms with Gasteiger partial charge in [0.15, 0.2) is 0 Å². The minimum Gasteiger partial charge on any atom is -0.497 e. The van der Waals surface area contributed by atoms with Crippen LogP contribution in [0.3, 0.4) is 0 Å². The first-order chi connectivity index (χ1) is 12.9. The maximum absolute atomic E-state index is 12.5. The molecule has 1 saturated heterocycles. The molecule has 0 spiro atoms. The second kappa shape index (κ2) is 10.2. The van der Waals surface area contributed by atoms with Crippen molar-refractivity contribution in [2.24, 2.45) is 5.92 Å². The summed E-state index contributed by atoms with van der Waals surface area (Å²) in [5, 5.41) is 5.93. The number of ether oxygens (including phenoxy) is 2. The highest BCUT2D eigenvalue weighted by molar-refractivity contribution is 5.95. The zero-order valence-corrected chi connectivity index (χ0v) is 16.7. The van der Waals surface area contributed by atoms with Crippen LogP contribution in [0.15, 0.2) is 18.2 Å². The molecule has 0 unspecified atom stereocenters. The highest BCUT2D eigenvalue weighted by Gasteiger charge is 2.21. The van der Waals surface area contributed by atoms with Crippen LogP contribution in [-0.4, -0.2) is 63.2 Å². The van der Waals surface area contributed by atoms with E-state index >= 15 is 0 Å². The van der Waals surface area contributed by atoms with Crippen molar-refractivity contribution in [3.8, 4) is 11.5 Å². The lowest BCUT2D eigenvalue weighted by molar-refractivity contribution is -0.123. The molecule has 150 valence electrons. The molecular weight excluding hydrogens is 346 g/mol. The summed E-state index contributed by atoms with van der Waals surface area (Å²) < 4.78 is 10.4. The van der Waals surface area contributed by atoms with Crippen LogP contribution < -0.4 is 20.1 Å². The number of carbonyl (C=O) groups excluding carboxylic acids is 2. The molecule has 2 amide bonds. The van der Waals surface area contributed by atoms with E-state index in [0.717, 1.165) is 25.9 Å². The van der Waals surface area contributed by atoms with Gasteiger partial charge in [-0.15, -0.1) is 0 Å². The molecule has 1 aliphatic heterocycles. The third-order valence-electron chi connectivity index (χ3n) is 4.69. The summed E-state index contributed by atoms with van der Waals surface area (Å²) in [6.45, 7) is 6.75. The Kier molecular flexibility index (Phi) is 7.91. The van der Waals surface area contributed by atoms with E-state index in [2.05, 4.69) is 15.5 Å². The Bertz CT molecular complexity index is 618. The number of benzene rings is 1. The van der Waals surface area contributed by atoms with Gasteiger partial charge < -0.3 is 20.1 Å². The van der Waals surface area contributed by atoms with Crippen molar-refractivity contribution >= 4 is 11.8 Å². The second-order valence-corrected chi connectivity index (χ2v) is 7.25. The van der Waals surface area contributed by atoms with Crippen LogP contribution in [0.2, 0.25) is 0 Å². The average Bonchev–Trinajstić information content (AvgIpc) is 2.66. The molecule has 0 saturated carbocycles. The largest absolute Gasteiger partial charge is 0.497 e. The van der Waals surface area contributed by atoms with E-state index in [9.17, 15) is 9.59 Å². The van der Waals surface area contributed by atoms with Gasteiger partial charge in [0.05, 0.1) is 20.8 Å².